The summed E-state index contributed by atoms with van der Waals surface area (Å²) in [5, 5.41) is 7.55. The summed E-state index contributed by atoms with van der Waals surface area (Å²) in [5.41, 5.74) is 0.612. The maximum absolute atomic E-state index is 12.1. The zero-order valence-corrected chi connectivity index (χ0v) is 15.1. The van der Waals surface area contributed by atoms with Crippen LogP contribution >= 0.6 is 0 Å². The van der Waals surface area contributed by atoms with E-state index in [0.29, 0.717) is 18.0 Å². The second-order valence-electron chi connectivity index (χ2n) is 5.76. The molecule has 4 amide bonds. The normalized spacial score (nSPS) is 10.5. The highest BCUT2D eigenvalue weighted by Gasteiger charge is 2.15. The molecule has 0 aliphatic carbocycles. The van der Waals surface area contributed by atoms with Gasteiger partial charge in [0.15, 0.2) is 0 Å². The van der Waals surface area contributed by atoms with E-state index in [9.17, 15) is 14.4 Å². The van der Waals surface area contributed by atoms with Crippen molar-refractivity contribution in [2.24, 2.45) is 0 Å². The fourth-order valence-corrected chi connectivity index (χ4v) is 2.05. The van der Waals surface area contributed by atoms with E-state index in [1.807, 2.05) is 6.92 Å². The van der Waals surface area contributed by atoms with E-state index >= 15 is 0 Å². The summed E-state index contributed by atoms with van der Waals surface area (Å²) in [6.45, 7) is 5.90. The molecule has 1 rings (SSSR count). The van der Waals surface area contributed by atoms with Crippen molar-refractivity contribution in [3.05, 3.63) is 24.3 Å². The number of carbonyl (C=O) groups excluding carboxylic acids is 3. The molecule has 0 unspecified atom stereocenters. The van der Waals surface area contributed by atoms with Crippen LogP contribution in [0, 0.1) is 0 Å². The lowest BCUT2D eigenvalue weighted by Gasteiger charge is -2.19. The Morgan fingerprint density at radius 2 is 1.84 bits per heavy atom. The molecule has 0 aromatic heterocycles. The molecule has 8 heteroatoms. The Morgan fingerprint density at radius 1 is 1.16 bits per heavy atom. The summed E-state index contributed by atoms with van der Waals surface area (Å²) in [6, 6.07) is 6.39. The second-order valence-corrected chi connectivity index (χ2v) is 5.76. The average Bonchev–Trinajstić information content (AvgIpc) is 2.53. The van der Waals surface area contributed by atoms with Crippen molar-refractivity contribution in [3.63, 3.8) is 0 Å². The lowest BCUT2D eigenvalue weighted by molar-refractivity contribution is -0.122. The molecule has 138 valence electrons. The van der Waals surface area contributed by atoms with Gasteiger partial charge in [0.05, 0.1) is 20.2 Å². The number of methoxy groups -OCH3 is 1. The van der Waals surface area contributed by atoms with Crippen LogP contribution in [0.15, 0.2) is 24.3 Å². The van der Waals surface area contributed by atoms with Gasteiger partial charge in [-0.3, -0.25) is 19.8 Å². The predicted octanol–water partition coefficient (Wildman–Crippen LogP) is 1.19. The van der Waals surface area contributed by atoms with Gasteiger partial charge in [-0.2, -0.15) is 0 Å². The van der Waals surface area contributed by atoms with Crippen LogP contribution in [0.5, 0.6) is 5.75 Å². The monoisotopic (exact) mass is 350 g/mol. The number of hydrogen-bond acceptors (Lipinski definition) is 5. The van der Waals surface area contributed by atoms with Gasteiger partial charge in [-0.25, -0.2) is 4.79 Å². The highest BCUT2D eigenvalue weighted by molar-refractivity contribution is 5.96. The lowest BCUT2D eigenvalue weighted by atomic mass is 10.3. The standard InChI is InChI=1S/C17H26N4O4/c1-5-21(11-16(23)20-17(24)18-12(2)3)10-15(22)19-13-7-6-8-14(9-13)25-4/h6-9,12H,5,10-11H2,1-4H3,(H,19,22)(H2,18,20,23,24). The lowest BCUT2D eigenvalue weighted by Crippen LogP contribution is -2.47. The van der Waals surface area contributed by atoms with Crippen molar-refractivity contribution in [1.29, 1.82) is 0 Å². The van der Waals surface area contributed by atoms with Gasteiger partial charge in [-0.15, -0.1) is 0 Å². The number of ether oxygens (including phenoxy) is 1. The molecule has 1 aromatic rings. The number of carbonyl (C=O) groups is 3. The molecule has 0 heterocycles. The van der Waals surface area contributed by atoms with E-state index in [1.165, 1.54) is 0 Å². The maximum Gasteiger partial charge on any atom is 0.321 e. The summed E-state index contributed by atoms with van der Waals surface area (Å²) in [6.07, 6.45) is 0. The Balaban J connectivity index is 2.49. The Morgan fingerprint density at radius 3 is 2.44 bits per heavy atom. The van der Waals surface area contributed by atoms with Gasteiger partial charge in [0.2, 0.25) is 11.8 Å². The van der Waals surface area contributed by atoms with Gasteiger partial charge >= 0.3 is 6.03 Å². The molecule has 3 N–H and O–H groups in total. The van der Waals surface area contributed by atoms with E-state index in [2.05, 4.69) is 16.0 Å². The summed E-state index contributed by atoms with van der Waals surface area (Å²) < 4.78 is 5.10. The Kier molecular flexibility index (Phi) is 8.42. The van der Waals surface area contributed by atoms with E-state index in [1.54, 1.807) is 50.1 Å². The molecule has 1 aromatic carbocycles. The highest BCUT2D eigenvalue weighted by Crippen LogP contribution is 2.16. The first-order valence-corrected chi connectivity index (χ1v) is 8.10. The van der Waals surface area contributed by atoms with E-state index < -0.39 is 11.9 Å². The molecule has 0 aliphatic heterocycles. The van der Waals surface area contributed by atoms with Gasteiger partial charge in [-0.1, -0.05) is 13.0 Å². The van der Waals surface area contributed by atoms with Gasteiger partial charge in [0, 0.05) is 17.8 Å². The third-order valence-corrected chi connectivity index (χ3v) is 3.21. The van der Waals surface area contributed by atoms with E-state index in [-0.39, 0.29) is 25.0 Å². The molecule has 0 saturated heterocycles. The molecule has 0 spiro atoms. The largest absolute Gasteiger partial charge is 0.497 e. The van der Waals surface area contributed by atoms with Crippen molar-refractivity contribution in [3.8, 4) is 5.75 Å². The first-order valence-electron chi connectivity index (χ1n) is 8.10. The van der Waals surface area contributed by atoms with Crippen molar-refractivity contribution < 1.29 is 19.1 Å². The van der Waals surface area contributed by atoms with Crippen LogP contribution < -0.4 is 20.7 Å². The number of rotatable bonds is 8. The Labute approximate surface area is 147 Å². The number of anilines is 1. The van der Waals surface area contributed by atoms with Crippen molar-refractivity contribution in [2.75, 3.05) is 32.1 Å². The number of hydrogen-bond donors (Lipinski definition) is 3. The number of nitrogens with one attached hydrogen (secondary N) is 3. The second kappa shape index (κ2) is 10.3. The fraction of sp³-hybridized carbons (Fsp3) is 0.471. The van der Waals surface area contributed by atoms with Crippen molar-refractivity contribution >= 4 is 23.5 Å². The number of urea groups is 1. The zero-order valence-electron chi connectivity index (χ0n) is 15.1. The van der Waals surface area contributed by atoms with Crippen LogP contribution in [-0.4, -0.2) is 55.5 Å². The van der Waals surface area contributed by atoms with Crippen LogP contribution in [0.2, 0.25) is 0 Å². The maximum atomic E-state index is 12.1. The molecule has 0 fully saturated rings. The summed E-state index contributed by atoms with van der Waals surface area (Å²) in [7, 11) is 1.55. The Bertz CT molecular complexity index is 604. The van der Waals surface area contributed by atoms with Crippen LogP contribution in [-0.2, 0) is 9.59 Å². The first kappa shape index (κ1) is 20.4. The van der Waals surface area contributed by atoms with E-state index in [4.69, 9.17) is 4.74 Å². The molecule has 0 aliphatic rings. The van der Waals surface area contributed by atoms with Crippen molar-refractivity contribution in [2.45, 2.75) is 26.8 Å². The quantitative estimate of drug-likeness (QED) is 0.654. The Hall–Kier alpha value is -2.61. The van der Waals surface area contributed by atoms with Gasteiger partial charge in [0.25, 0.3) is 0 Å². The zero-order chi connectivity index (χ0) is 18.8. The van der Waals surface area contributed by atoms with Crippen LogP contribution in [0.3, 0.4) is 0 Å². The number of benzene rings is 1. The summed E-state index contributed by atoms with van der Waals surface area (Å²) >= 11 is 0. The molecular formula is C17H26N4O4. The topological polar surface area (TPSA) is 99.8 Å². The van der Waals surface area contributed by atoms with Crippen molar-refractivity contribution in [1.82, 2.24) is 15.5 Å². The number of likely N-dealkylation sites (N-methyl/N-ethyl adjacent to an activating group) is 1. The van der Waals surface area contributed by atoms with Gasteiger partial charge < -0.3 is 15.4 Å². The van der Waals surface area contributed by atoms with Crippen LogP contribution in [0.1, 0.15) is 20.8 Å². The van der Waals surface area contributed by atoms with Gasteiger partial charge in [-0.05, 0) is 32.5 Å². The van der Waals surface area contributed by atoms with E-state index in [0.717, 1.165) is 0 Å². The fourth-order valence-electron chi connectivity index (χ4n) is 2.05. The molecule has 25 heavy (non-hydrogen) atoms. The summed E-state index contributed by atoms with van der Waals surface area (Å²) in [5.74, 6) is -0.0793. The highest BCUT2D eigenvalue weighted by atomic mass is 16.5. The van der Waals surface area contributed by atoms with Gasteiger partial charge in [0.1, 0.15) is 5.75 Å². The number of imide groups is 1. The smallest absolute Gasteiger partial charge is 0.321 e. The number of nitrogens with zero attached hydrogens (tertiary/aromatic N) is 1. The SMILES string of the molecule is CCN(CC(=O)NC(=O)NC(C)C)CC(=O)Nc1cccc(OC)c1. The third-order valence-electron chi connectivity index (χ3n) is 3.21. The average molecular weight is 350 g/mol. The molecule has 0 saturated carbocycles. The molecule has 8 nitrogen and oxygen atoms in total. The van der Waals surface area contributed by atoms with Crippen LogP contribution in [0.25, 0.3) is 0 Å². The number of amides is 4. The predicted molar refractivity (Wildman–Crippen MR) is 95.5 cm³/mol. The molecule has 0 radical (unpaired) electrons. The molecule has 0 bridgehead atoms. The molecule has 0 atom stereocenters. The first-order chi connectivity index (χ1) is 11.8. The minimum absolute atomic E-state index is 0.0347. The third kappa shape index (κ3) is 8.16. The minimum Gasteiger partial charge on any atom is -0.497 e. The minimum atomic E-state index is -0.545. The summed E-state index contributed by atoms with van der Waals surface area (Å²) in [4.78, 5) is 37.1. The van der Waals surface area contributed by atoms with Crippen LogP contribution in [0.4, 0.5) is 10.5 Å². The molecular weight excluding hydrogens is 324 g/mol.